The van der Waals surface area contributed by atoms with Crippen molar-refractivity contribution in [3.63, 3.8) is 0 Å². The van der Waals surface area contributed by atoms with Crippen LogP contribution in [0, 0.1) is 0 Å². The van der Waals surface area contributed by atoms with Crippen molar-refractivity contribution in [1.29, 1.82) is 0 Å². The standard InChI is InChI=1S/C31H30ClFN6O2/c1-3-27(40)38-13-12-25-26(38)16-39(25)30-22-10-11-24(21-8-4-6-18-7-5-9-23(32)28(18)21)34-29(22)35-31(36-30)41-17-20-14-19(33)15-37(20)2/h3-11,19-20,25-26H,1,12-17H2,2H3/t19-,20+,25-,26-/m1/s1. The van der Waals surface area contributed by atoms with E-state index in [4.69, 9.17) is 31.3 Å². The Kier molecular flexibility index (Phi) is 6.51. The number of hydrogen-bond acceptors (Lipinski definition) is 7. The lowest BCUT2D eigenvalue weighted by atomic mass is 9.96. The molecule has 7 rings (SSSR count). The SMILES string of the molecule is C=CC(=O)N1CC[C@@H]2[C@H]1CN2c1nc(OC[C@@H]2C[C@@H](F)CN2C)nc2nc(-c3cccc4cccc(Cl)c34)ccc12. The molecule has 8 nitrogen and oxygen atoms in total. The van der Waals surface area contributed by atoms with E-state index in [1.54, 1.807) is 0 Å². The number of pyridine rings is 1. The van der Waals surface area contributed by atoms with Crippen LogP contribution >= 0.6 is 11.6 Å². The van der Waals surface area contributed by atoms with Crippen LogP contribution in [-0.4, -0.2) is 88.2 Å². The summed E-state index contributed by atoms with van der Waals surface area (Å²) < 4.78 is 20.1. The number of aromatic nitrogens is 3. The topological polar surface area (TPSA) is 74.7 Å². The van der Waals surface area contributed by atoms with Gasteiger partial charge in [-0.05, 0) is 49.6 Å². The molecule has 41 heavy (non-hydrogen) atoms. The van der Waals surface area contributed by atoms with Crippen molar-refractivity contribution in [2.24, 2.45) is 0 Å². The number of nitrogens with zero attached hydrogens (tertiary/aromatic N) is 6. The van der Waals surface area contributed by atoms with Gasteiger partial charge in [-0.1, -0.05) is 48.5 Å². The molecule has 0 radical (unpaired) electrons. The number of alkyl halides is 1. The van der Waals surface area contributed by atoms with E-state index in [1.807, 2.05) is 65.4 Å². The molecule has 0 bridgehead atoms. The van der Waals surface area contributed by atoms with Crippen molar-refractivity contribution >= 4 is 45.1 Å². The lowest BCUT2D eigenvalue weighted by Gasteiger charge is -2.47. The van der Waals surface area contributed by atoms with Gasteiger partial charge in [0.15, 0.2) is 5.65 Å². The van der Waals surface area contributed by atoms with Crippen LogP contribution < -0.4 is 9.64 Å². The summed E-state index contributed by atoms with van der Waals surface area (Å²) in [6.07, 6.45) is 1.78. The molecular weight excluding hydrogens is 543 g/mol. The van der Waals surface area contributed by atoms with Crippen LogP contribution in [0.1, 0.15) is 12.8 Å². The Morgan fingerprint density at radius 2 is 1.95 bits per heavy atom. The van der Waals surface area contributed by atoms with Crippen LogP contribution in [0.2, 0.25) is 5.02 Å². The summed E-state index contributed by atoms with van der Waals surface area (Å²) in [6, 6.07) is 16.3. The number of anilines is 1. The third-order valence-electron chi connectivity index (χ3n) is 8.72. The second-order valence-corrected chi connectivity index (χ2v) is 11.5. The van der Waals surface area contributed by atoms with Crippen LogP contribution in [0.5, 0.6) is 6.01 Å². The van der Waals surface area contributed by atoms with Gasteiger partial charge < -0.3 is 14.5 Å². The van der Waals surface area contributed by atoms with E-state index in [2.05, 4.69) is 11.5 Å². The van der Waals surface area contributed by atoms with E-state index in [1.165, 1.54) is 6.08 Å². The smallest absolute Gasteiger partial charge is 0.320 e. The minimum atomic E-state index is -0.861. The van der Waals surface area contributed by atoms with Gasteiger partial charge in [-0.25, -0.2) is 9.37 Å². The summed E-state index contributed by atoms with van der Waals surface area (Å²) >= 11 is 6.63. The zero-order valence-electron chi connectivity index (χ0n) is 22.7. The summed E-state index contributed by atoms with van der Waals surface area (Å²) in [7, 11) is 1.90. The van der Waals surface area contributed by atoms with E-state index < -0.39 is 6.17 Å². The Balaban J connectivity index is 1.28. The fourth-order valence-electron chi connectivity index (χ4n) is 6.55. The molecule has 3 aliphatic rings. The molecule has 2 aromatic heterocycles. The van der Waals surface area contributed by atoms with Gasteiger partial charge in [0.25, 0.3) is 0 Å². The summed E-state index contributed by atoms with van der Waals surface area (Å²) in [6.45, 7) is 5.68. The number of carbonyl (C=O) groups excluding carboxylic acids is 1. The predicted molar refractivity (Wildman–Crippen MR) is 158 cm³/mol. The third-order valence-corrected chi connectivity index (χ3v) is 9.03. The van der Waals surface area contributed by atoms with E-state index in [0.717, 1.165) is 39.7 Å². The molecule has 4 atom stereocenters. The zero-order chi connectivity index (χ0) is 28.2. The van der Waals surface area contributed by atoms with E-state index in [-0.39, 0.29) is 36.7 Å². The number of fused-ring (bicyclic) bond motifs is 3. The molecule has 1 amide bonds. The van der Waals surface area contributed by atoms with E-state index >= 15 is 0 Å². The molecule has 3 fully saturated rings. The molecule has 0 unspecified atom stereocenters. The number of carbonyl (C=O) groups is 1. The highest BCUT2D eigenvalue weighted by Crippen LogP contribution is 2.40. The first-order valence-electron chi connectivity index (χ1n) is 13.9. The van der Waals surface area contributed by atoms with Crippen molar-refractivity contribution in [2.75, 3.05) is 38.2 Å². The summed E-state index contributed by atoms with van der Waals surface area (Å²) in [5.41, 5.74) is 2.17. The summed E-state index contributed by atoms with van der Waals surface area (Å²) in [5, 5.41) is 3.43. The molecule has 0 aliphatic carbocycles. The third kappa shape index (κ3) is 4.48. The number of halogens is 2. The molecule has 3 saturated heterocycles. The van der Waals surface area contributed by atoms with E-state index in [9.17, 15) is 9.18 Å². The lowest BCUT2D eigenvalue weighted by Crippen LogP contribution is -2.63. The highest BCUT2D eigenvalue weighted by Gasteiger charge is 2.49. The van der Waals surface area contributed by atoms with Gasteiger partial charge in [0.1, 0.15) is 18.6 Å². The minimum absolute atomic E-state index is 0.0411. The maximum absolute atomic E-state index is 14.0. The van der Waals surface area contributed by atoms with E-state index in [0.29, 0.717) is 36.7 Å². The van der Waals surface area contributed by atoms with Gasteiger partial charge in [-0.2, -0.15) is 9.97 Å². The van der Waals surface area contributed by atoms with Gasteiger partial charge in [-0.3, -0.25) is 9.69 Å². The number of likely N-dealkylation sites (N-methyl/N-ethyl adjacent to an activating group) is 1. The van der Waals surface area contributed by atoms with Gasteiger partial charge in [-0.15, -0.1) is 0 Å². The molecule has 4 aromatic rings. The predicted octanol–water partition coefficient (Wildman–Crippen LogP) is 4.89. The van der Waals surface area contributed by atoms with Crippen LogP contribution in [0.3, 0.4) is 0 Å². The molecule has 0 spiro atoms. The molecule has 3 aliphatic heterocycles. The van der Waals surface area contributed by atoms with Crippen molar-refractivity contribution in [1.82, 2.24) is 24.8 Å². The first-order chi connectivity index (χ1) is 19.9. The minimum Gasteiger partial charge on any atom is -0.462 e. The van der Waals surface area contributed by atoms with Crippen molar-refractivity contribution < 1.29 is 13.9 Å². The quantitative estimate of drug-likeness (QED) is 0.304. The number of benzene rings is 2. The van der Waals surface area contributed by atoms with Crippen molar-refractivity contribution in [2.45, 2.75) is 37.1 Å². The molecular formula is C31H30ClFN6O2. The Morgan fingerprint density at radius 3 is 2.73 bits per heavy atom. The molecule has 5 heterocycles. The first kappa shape index (κ1) is 26.1. The second kappa shape index (κ2) is 10.2. The molecule has 210 valence electrons. The first-order valence-corrected chi connectivity index (χ1v) is 14.3. The van der Waals surface area contributed by atoms with Crippen molar-refractivity contribution in [3.05, 3.63) is 66.2 Å². The average molecular weight is 573 g/mol. The molecule has 2 aromatic carbocycles. The van der Waals surface area contributed by atoms with Crippen LogP contribution in [0.4, 0.5) is 10.2 Å². The highest BCUT2D eigenvalue weighted by molar-refractivity contribution is 6.36. The Labute approximate surface area is 242 Å². The normalized spacial score (nSPS) is 24.1. The monoisotopic (exact) mass is 572 g/mol. The van der Waals surface area contributed by atoms with Gasteiger partial charge in [0, 0.05) is 41.6 Å². The second-order valence-electron chi connectivity index (χ2n) is 11.1. The number of rotatable bonds is 6. The lowest BCUT2D eigenvalue weighted by molar-refractivity contribution is -0.127. The molecule has 0 N–H and O–H groups in total. The van der Waals surface area contributed by atoms with Crippen LogP contribution in [0.15, 0.2) is 61.2 Å². The summed E-state index contributed by atoms with van der Waals surface area (Å²) in [4.78, 5) is 33.0. The highest BCUT2D eigenvalue weighted by atomic mass is 35.5. The maximum Gasteiger partial charge on any atom is 0.320 e. The Bertz CT molecular complexity index is 1680. The maximum atomic E-state index is 14.0. The fourth-order valence-corrected chi connectivity index (χ4v) is 6.83. The number of hydrogen-bond donors (Lipinski definition) is 0. The van der Waals surface area contributed by atoms with Crippen LogP contribution in [0.25, 0.3) is 33.1 Å². The number of likely N-dealkylation sites (tertiary alicyclic amines) is 2. The Morgan fingerprint density at radius 1 is 1.12 bits per heavy atom. The molecule has 0 saturated carbocycles. The van der Waals surface area contributed by atoms with Crippen molar-refractivity contribution in [3.8, 4) is 17.3 Å². The Hall–Kier alpha value is -3.82. The van der Waals surface area contributed by atoms with Gasteiger partial charge in [0.05, 0.1) is 23.2 Å². The largest absolute Gasteiger partial charge is 0.462 e. The number of amides is 1. The summed E-state index contributed by atoms with van der Waals surface area (Å²) in [5.74, 6) is 0.693. The number of ether oxygens (including phenoxy) is 1. The average Bonchev–Trinajstić information content (AvgIpc) is 3.47. The molecule has 10 heteroatoms. The van der Waals surface area contributed by atoms with Gasteiger partial charge in [0.2, 0.25) is 5.91 Å². The zero-order valence-corrected chi connectivity index (χ0v) is 23.5. The van der Waals surface area contributed by atoms with Crippen LogP contribution in [-0.2, 0) is 4.79 Å². The fraction of sp³-hybridized carbons (Fsp3) is 0.355. The van der Waals surface area contributed by atoms with Gasteiger partial charge >= 0.3 is 6.01 Å².